The number of amides is 4. The van der Waals surface area contributed by atoms with Gasteiger partial charge in [-0.05, 0) is 49.1 Å². The monoisotopic (exact) mass is 620 g/mol. The molecule has 4 amide bonds. The van der Waals surface area contributed by atoms with Crippen LogP contribution in [0.1, 0.15) is 57.5 Å². The van der Waals surface area contributed by atoms with Gasteiger partial charge in [0.1, 0.15) is 12.1 Å². The molecule has 0 saturated carbocycles. The number of ketones is 1. The van der Waals surface area contributed by atoms with E-state index in [1.807, 2.05) is 69.3 Å². The van der Waals surface area contributed by atoms with Crippen LogP contribution in [0.15, 0.2) is 54.6 Å². The molecule has 0 spiro atoms. The van der Waals surface area contributed by atoms with Gasteiger partial charge in [0.15, 0.2) is 0 Å². The van der Waals surface area contributed by atoms with Gasteiger partial charge in [0.2, 0.25) is 17.6 Å². The minimum absolute atomic E-state index is 0.177. The highest BCUT2D eigenvalue weighted by molar-refractivity contribution is 6.38. The molecule has 2 aromatic rings. The van der Waals surface area contributed by atoms with E-state index in [0.717, 1.165) is 37.4 Å². The first kappa shape index (κ1) is 35.2. The van der Waals surface area contributed by atoms with E-state index in [1.165, 1.54) is 6.92 Å². The second kappa shape index (κ2) is 15.7. The van der Waals surface area contributed by atoms with Crippen molar-refractivity contribution < 1.29 is 24.0 Å². The third-order valence-electron chi connectivity index (χ3n) is 7.90. The Morgan fingerprint density at radius 1 is 0.800 bits per heavy atom. The lowest BCUT2D eigenvalue weighted by molar-refractivity contribution is -0.141. The summed E-state index contributed by atoms with van der Waals surface area (Å²) >= 11 is 0. The number of piperazine rings is 1. The topological polar surface area (TPSA) is 140 Å². The molecule has 0 aliphatic carbocycles. The van der Waals surface area contributed by atoms with Crippen molar-refractivity contribution in [2.75, 3.05) is 38.1 Å². The SMILES string of the molecule is CC(C)[C@H](NC(=O)[C@H](C)NC(=O)[C@@H](NC(=O)c1cccc(N2CCN(C)CC2)c1)C(C)(C)C)C(=O)C(=O)NCc1ccccc1. The molecule has 1 heterocycles. The quantitative estimate of drug-likeness (QED) is 0.267. The molecule has 1 aliphatic heterocycles. The van der Waals surface area contributed by atoms with Crippen LogP contribution in [0.4, 0.5) is 5.69 Å². The van der Waals surface area contributed by atoms with Crippen molar-refractivity contribution in [3.63, 3.8) is 0 Å². The Hall–Kier alpha value is -4.25. The largest absolute Gasteiger partial charge is 0.369 e. The lowest BCUT2D eigenvalue weighted by Crippen LogP contribution is -2.59. The van der Waals surface area contributed by atoms with Crippen molar-refractivity contribution in [3.05, 3.63) is 65.7 Å². The van der Waals surface area contributed by atoms with E-state index in [0.29, 0.717) is 5.56 Å². The number of rotatable bonds is 12. The molecule has 1 fully saturated rings. The van der Waals surface area contributed by atoms with E-state index in [9.17, 15) is 24.0 Å². The van der Waals surface area contributed by atoms with E-state index in [2.05, 4.69) is 38.1 Å². The molecule has 244 valence electrons. The Bertz CT molecular complexity index is 1350. The fraction of sp³-hybridized carbons (Fsp3) is 0.500. The van der Waals surface area contributed by atoms with Gasteiger partial charge >= 0.3 is 0 Å². The van der Waals surface area contributed by atoms with Crippen LogP contribution in [0.5, 0.6) is 0 Å². The lowest BCUT2D eigenvalue weighted by atomic mass is 9.85. The van der Waals surface area contributed by atoms with Crippen molar-refractivity contribution in [1.29, 1.82) is 0 Å². The molecule has 4 N–H and O–H groups in total. The first-order valence-corrected chi connectivity index (χ1v) is 15.5. The van der Waals surface area contributed by atoms with Gasteiger partial charge < -0.3 is 31.1 Å². The van der Waals surface area contributed by atoms with E-state index in [4.69, 9.17) is 0 Å². The third-order valence-corrected chi connectivity index (χ3v) is 7.90. The number of carbonyl (C=O) groups excluding carboxylic acids is 5. The third kappa shape index (κ3) is 10.1. The molecule has 1 aliphatic rings. The molecule has 0 unspecified atom stereocenters. The van der Waals surface area contributed by atoms with E-state index in [1.54, 1.807) is 19.9 Å². The highest BCUT2D eigenvalue weighted by Crippen LogP contribution is 2.22. The van der Waals surface area contributed by atoms with Crippen LogP contribution >= 0.6 is 0 Å². The van der Waals surface area contributed by atoms with Gasteiger partial charge in [0, 0.05) is 44.0 Å². The predicted octanol–water partition coefficient (Wildman–Crippen LogP) is 2.11. The minimum atomic E-state index is -1.08. The summed E-state index contributed by atoms with van der Waals surface area (Å²) in [6.45, 7) is 14.2. The number of anilines is 1. The van der Waals surface area contributed by atoms with Gasteiger partial charge in [-0.1, -0.05) is 71.0 Å². The van der Waals surface area contributed by atoms with Crippen LogP contribution in [-0.4, -0.2) is 85.7 Å². The van der Waals surface area contributed by atoms with Crippen LogP contribution in [0, 0.1) is 11.3 Å². The standard InChI is InChI=1S/C34H48N6O5/c1-22(2)27(28(41)32(44)35-21-24-12-9-8-10-13-24)37-30(42)23(3)36-33(45)29(34(4,5)6)38-31(43)25-14-11-15-26(20-25)40-18-16-39(7)17-19-40/h8-15,20,22-23,27,29H,16-19,21H2,1-7H3,(H,35,44)(H,36,45)(H,37,42)(H,38,43)/t23-,27-,29+/m0/s1. The number of carbonyl (C=O) groups is 5. The van der Waals surface area contributed by atoms with Gasteiger partial charge in [-0.25, -0.2) is 0 Å². The van der Waals surface area contributed by atoms with Crippen molar-refractivity contribution in [2.24, 2.45) is 11.3 Å². The summed E-state index contributed by atoms with van der Waals surface area (Å²) in [5.74, 6) is -3.51. The minimum Gasteiger partial charge on any atom is -0.369 e. The van der Waals surface area contributed by atoms with Gasteiger partial charge in [-0.3, -0.25) is 24.0 Å². The molecular formula is C34H48N6O5. The highest BCUT2D eigenvalue weighted by atomic mass is 16.2. The van der Waals surface area contributed by atoms with Crippen LogP contribution in [0.3, 0.4) is 0 Å². The average molecular weight is 621 g/mol. The number of likely N-dealkylation sites (N-methyl/N-ethyl adjacent to an activating group) is 1. The second-order valence-corrected chi connectivity index (χ2v) is 13.1. The van der Waals surface area contributed by atoms with Crippen LogP contribution in [-0.2, 0) is 25.7 Å². The number of hydrogen-bond acceptors (Lipinski definition) is 7. The summed E-state index contributed by atoms with van der Waals surface area (Å²) < 4.78 is 0. The molecular weight excluding hydrogens is 572 g/mol. The van der Waals surface area contributed by atoms with Gasteiger partial charge in [-0.15, -0.1) is 0 Å². The molecule has 1 saturated heterocycles. The zero-order valence-corrected chi connectivity index (χ0v) is 27.5. The zero-order chi connectivity index (χ0) is 33.3. The number of benzene rings is 2. The van der Waals surface area contributed by atoms with Crippen LogP contribution in [0.25, 0.3) is 0 Å². The molecule has 0 aromatic heterocycles. The first-order chi connectivity index (χ1) is 21.2. The van der Waals surface area contributed by atoms with Gasteiger partial charge in [0.25, 0.3) is 11.8 Å². The fourth-order valence-corrected chi connectivity index (χ4v) is 4.98. The number of hydrogen-bond donors (Lipinski definition) is 4. The highest BCUT2D eigenvalue weighted by Gasteiger charge is 2.36. The normalized spacial score (nSPS) is 15.9. The summed E-state index contributed by atoms with van der Waals surface area (Å²) in [7, 11) is 2.08. The van der Waals surface area contributed by atoms with Crippen molar-refractivity contribution in [1.82, 2.24) is 26.2 Å². The summed E-state index contributed by atoms with van der Waals surface area (Å²) in [6.07, 6.45) is 0. The molecule has 0 bridgehead atoms. The number of nitrogens with zero attached hydrogens (tertiary/aromatic N) is 2. The van der Waals surface area contributed by atoms with Crippen LogP contribution in [0.2, 0.25) is 0 Å². The Labute approximate surface area is 266 Å². The van der Waals surface area contributed by atoms with Crippen molar-refractivity contribution in [2.45, 2.75) is 66.2 Å². The maximum absolute atomic E-state index is 13.4. The Morgan fingerprint density at radius 3 is 2.04 bits per heavy atom. The molecule has 45 heavy (non-hydrogen) atoms. The molecule has 11 heteroatoms. The predicted molar refractivity (Wildman–Crippen MR) is 175 cm³/mol. The Morgan fingerprint density at radius 2 is 1.44 bits per heavy atom. The van der Waals surface area contributed by atoms with E-state index < -0.39 is 53.0 Å². The van der Waals surface area contributed by atoms with Crippen LogP contribution < -0.4 is 26.2 Å². The summed E-state index contributed by atoms with van der Waals surface area (Å²) in [4.78, 5) is 70.0. The Balaban J connectivity index is 1.62. The average Bonchev–Trinajstić information content (AvgIpc) is 3.00. The second-order valence-electron chi connectivity index (χ2n) is 13.1. The summed E-state index contributed by atoms with van der Waals surface area (Å²) in [5.41, 5.74) is 1.53. The van der Waals surface area contributed by atoms with Crippen molar-refractivity contribution in [3.8, 4) is 0 Å². The maximum Gasteiger partial charge on any atom is 0.289 e. The lowest BCUT2D eigenvalue weighted by Gasteiger charge is -2.34. The molecule has 2 aromatic carbocycles. The first-order valence-electron chi connectivity index (χ1n) is 15.5. The molecule has 11 nitrogen and oxygen atoms in total. The van der Waals surface area contributed by atoms with E-state index >= 15 is 0 Å². The number of nitrogens with one attached hydrogen (secondary N) is 4. The Kier molecular flexibility index (Phi) is 12.3. The molecule has 3 rings (SSSR count). The van der Waals surface area contributed by atoms with Crippen molar-refractivity contribution >= 4 is 35.1 Å². The molecule has 3 atom stereocenters. The summed E-state index contributed by atoms with van der Waals surface area (Å²) in [6, 6.07) is 13.4. The zero-order valence-electron chi connectivity index (χ0n) is 27.5. The van der Waals surface area contributed by atoms with E-state index in [-0.39, 0.29) is 12.5 Å². The summed E-state index contributed by atoms with van der Waals surface area (Å²) in [5, 5.41) is 10.8. The van der Waals surface area contributed by atoms with Gasteiger partial charge in [-0.2, -0.15) is 0 Å². The molecule has 0 radical (unpaired) electrons. The van der Waals surface area contributed by atoms with Gasteiger partial charge in [0.05, 0.1) is 6.04 Å². The number of Topliss-reactive ketones (excluding diaryl/α,β-unsaturated/α-hetero) is 1. The fourth-order valence-electron chi connectivity index (χ4n) is 4.98. The maximum atomic E-state index is 13.4. The smallest absolute Gasteiger partial charge is 0.289 e.